The average Bonchev–Trinajstić information content (AvgIpc) is 2.90. The Morgan fingerprint density at radius 1 is 1.25 bits per heavy atom. The van der Waals surface area contributed by atoms with Crippen LogP contribution in [-0.2, 0) is 6.42 Å². The largest absolute Gasteiger partial charge is 0.494 e. The summed E-state index contributed by atoms with van der Waals surface area (Å²) < 4.78 is 18.9. The molecule has 0 spiro atoms. The zero-order valence-corrected chi connectivity index (χ0v) is 11.7. The van der Waals surface area contributed by atoms with E-state index in [1.807, 2.05) is 19.2 Å². The van der Waals surface area contributed by atoms with Crippen molar-refractivity contribution in [3.8, 4) is 16.9 Å². The predicted molar refractivity (Wildman–Crippen MR) is 78.5 cm³/mol. The Balaban J connectivity index is 2.08. The molecule has 0 saturated heterocycles. The van der Waals surface area contributed by atoms with Gasteiger partial charge in [-0.1, -0.05) is 24.3 Å². The van der Waals surface area contributed by atoms with Crippen molar-refractivity contribution in [1.29, 1.82) is 0 Å². The SMILES string of the molecule is CNC1CCc2c(-c3ccc(OC)c(F)c3)cccc21. The van der Waals surface area contributed by atoms with Crippen molar-refractivity contribution < 1.29 is 9.13 Å². The highest BCUT2D eigenvalue weighted by Gasteiger charge is 2.23. The number of methoxy groups -OCH3 is 1. The summed E-state index contributed by atoms with van der Waals surface area (Å²) in [6.45, 7) is 0. The van der Waals surface area contributed by atoms with Crippen LogP contribution in [-0.4, -0.2) is 14.2 Å². The van der Waals surface area contributed by atoms with Crippen LogP contribution in [0.5, 0.6) is 5.75 Å². The first-order valence-corrected chi connectivity index (χ1v) is 6.87. The third kappa shape index (κ3) is 2.08. The Kier molecular flexibility index (Phi) is 3.45. The van der Waals surface area contributed by atoms with Gasteiger partial charge in [0.05, 0.1) is 7.11 Å². The van der Waals surface area contributed by atoms with Gasteiger partial charge in [-0.2, -0.15) is 0 Å². The van der Waals surface area contributed by atoms with Crippen LogP contribution in [0.15, 0.2) is 36.4 Å². The lowest BCUT2D eigenvalue weighted by molar-refractivity contribution is 0.386. The quantitative estimate of drug-likeness (QED) is 0.919. The molecule has 20 heavy (non-hydrogen) atoms. The van der Waals surface area contributed by atoms with Crippen LogP contribution in [0.25, 0.3) is 11.1 Å². The second-order valence-corrected chi connectivity index (χ2v) is 5.10. The minimum atomic E-state index is -0.314. The highest BCUT2D eigenvalue weighted by molar-refractivity contribution is 5.70. The molecule has 1 aliphatic carbocycles. The molecule has 104 valence electrons. The summed E-state index contributed by atoms with van der Waals surface area (Å²) in [5, 5.41) is 3.33. The molecule has 2 nitrogen and oxygen atoms in total. The van der Waals surface area contributed by atoms with Crippen LogP contribution in [0.4, 0.5) is 4.39 Å². The molecular formula is C17H18FNO. The van der Waals surface area contributed by atoms with Crippen molar-refractivity contribution in [2.24, 2.45) is 0 Å². The molecule has 0 aromatic heterocycles. The Morgan fingerprint density at radius 3 is 2.80 bits per heavy atom. The van der Waals surface area contributed by atoms with Gasteiger partial charge >= 0.3 is 0 Å². The second-order valence-electron chi connectivity index (χ2n) is 5.10. The fourth-order valence-electron chi connectivity index (χ4n) is 3.06. The van der Waals surface area contributed by atoms with Crippen LogP contribution in [0.3, 0.4) is 0 Å². The molecule has 1 aliphatic rings. The summed E-state index contributed by atoms with van der Waals surface area (Å²) in [5.41, 5.74) is 4.70. The lowest BCUT2D eigenvalue weighted by atomic mass is 9.96. The molecular weight excluding hydrogens is 253 g/mol. The predicted octanol–water partition coefficient (Wildman–Crippen LogP) is 3.71. The van der Waals surface area contributed by atoms with Gasteiger partial charge in [-0.15, -0.1) is 0 Å². The van der Waals surface area contributed by atoms with Gasteiger partial charge in [0.15, 0.2) is 11.6 Å². The van der Waals surface area contributed by atoms with Crippen LogP contribution in [0.2, 0.25) is 0 Å². The Morgan fingerprint density at radius 2 is 2.10 bits per heavy atom. The van der Waals surface area contributed by atoms with E-state index in [-0.39, 0.29) is 11.6 Å². The molecule has 1 unspecified atom stereocenters. The number of rotatable bonds is 3. The Bertz CT molecular complexity index is 639. The second kappa shape index (κ2) is 5.25. The van der Waals surface area contributed by atoms with Gasteiger partial charge in [-0.3, -0.25) is 0 Å². The van der Waals surface area contributed by atoms with Gasteiger partial charge in [0.2, 0.25) is 0 Å². The topological polar surface area (TPSA) is 21.3 Å². The molecule has 2 aromatic carbocycles. The van der Waals surface area contributed by atoms with Gasteiger partial charge in [-0.05, 0) is 54.3 Å². The van der Waals surface area contributed by atoms with E-state index in [0.29, 0.717) is 6.04 Å². The van der Waals surface area contributed by atoms with Gasteiger partial charge < -0.3 is 10.1 Å². The number of hydrogen-bond acceptors (Lipinski definition) is 2. The van der Waals surface area contributed by atoms with Gasteiger partial charge in [-0.25, -0.2) is 4.39 Å². The molecule has 1 N–H and O–H groups in total. The van der Waals surface area contributed by atoms with E-state index in [0.717, 1.165) is 24.0 Å². The fourth-order valence-corrected chi connectivity index (χ4v) is 3.06. The Hall–Kier alpha value is -1.87. The first kappa shape index (κ1) is 13.1. The zero-order valence-electron chi connectivity index (χ0n) is 11.7. The summed E-state index contributed by atoms with van der Waals surface area (Å²) in [6.07, 6.45) is 2.13. The average molecular weight is 271 g/mol. The number of fused-ring (bicyclic) bond motifs is 1. The van der Waals surface area contributed by atoms with E-state index in [4.69, 9.17) is 4.74 Å². The van der Waals surface area contributed by atoms with Gasteiger partial charge in [0.25, 0.3) is 0 Å². The molecule has 0 bridgehead atoms. The maximum Gasteiger partial charge on any atom is 0.165 e. The van der Waals surface area contributed by atoms with Crippen LogP contribution < -0.4 is 10.1 Å². The zero-order chi connectivity index (χ0) is 14.1. The monoisotopic (exact) mass is 271 g/mol. The third-order valence-electron chi connectivity index (χ3n) is 4.08. The molecule has 1 atom stereocenters. The normalized spacial score (nSPS) is 17.1. The summed E-state index contributed by atoms with van der Waals surface area (Å²) >= 11 is 0. The molecule has 3 rings (SSSR count). The van der Waals surface area contributed by atoms with E-state index in [1.54, 1.807) is 12.1 Å². The number of ether oxygens (including phenoxy) is 1. The van der Waals surface area contributed by atoms with Crippen molar-refractivity contribution in [2.75, 3.05) is 14.2 Å². The van der Waals surface area contributed by atoms with Gasteiger partial charge in [0.1, 0.15) is 0 Å². The van der Waals surface area contributed by atoms with E-state index in [9.17, 15) is 4.39 Å². The summed E-state index contributed by atoms with van der Waals surface area (Å²) in [7, 11) is 3.47. The lowest BCUT2D eigenvalue weighted by Crippen LogP contribution is -2.12. The van der Waals surface area contributed by atoms with Crippen LogP contribution in [0, 0.1) is 5.82 Å². The molecule has 0 saturated carbocycles. The molecule has 0 amide bonds. The van der Waals surface area contributed by atoms with Gasteiger partial charge in [0, 0.05) is 6.04 Å². The highest BCUT2D eigenvalue weighted by Crippen LogP contribution is 2.38. The summed E-state index contributed by atoms with van der Waals surface area (Å²) in [4.78, 5) is 0. The third-order valence-corrected chi connectivity index (χ3v) is 4.08. The van der Waals surface area contributed by atoms with Crippen LogP contribution in [0.1, 0.15) is 23.6 Å². The minimum Gasteiger partial charge on any atom is -0.494 e. The standard InChI is InChI=1S/C17H18FNO/c1-19-16-8-7-13-12(4-3-5-14(13)16)11-6-9-17(20-2)15(18)10-11/h3-6,9-10,16,19H,7-8H2,1-2H3. The first-order chi connectivity index (χ1) is 9.74. The van der Waals surface area contributed by atoms with E-state index < -0.39 is 0 Å². The molecule has 0 radical (unpaired) electrons. The first-order valence-electron chi connectivity index (χ1n) is 6.87. The van der Waals surface area contributed by atoms with E-state index in [2.05, 4.69) is 17.4 Å². The summed E-state index contributed by atoms with van der Waals surface area (Å²) in [6, 6.07) is 11.9. The lowest BCUT2D eigenvalue weighted by Gasteiger charge is -2.13. The van der Waals surface area contributed by atoms with E-state index in [1.165, 1.54) is 18.2 Å². The van der Waals surface area contributed by atoms with Crippen molar-refractivity contribution in [2.45, 2.75) is 18.9 Å². The molecule has 0 fully saturated rings. The molecule has 0 aliphatic heterocycles. The van der Waals surface area contributed by atoms with Crippen LogP contribution >= 0.6 is 0 Å². The summed E-state index contributed by atoms with van der Waals surface area (Å²) in [5.74, 6) is -0.0276. The number of hydrogen-bond donors (Lipinski definition) is 1. The Labute approximate surface area is 118 Å². The number of benzene rings is 2. The number of nitrogens with one attached hydrogen (secondary N) is 1. The van der Waals surface area contributed by atoms with Crippen molar-refractivity contribution in [3.63, 3.8) is 0 Å². The van der Waals surface area contributed by atoms with Crippen molar-refractivity contribution >= 4 is 0 Å². The fraction of sp³-hybridized carbons (Fsp3) is 0.294. The molecule has 3 heteroatoms. The maximum absolute atomic E-state index is 13.9. The van der Waals surface area contributed by atoms with Crippen molar-refractivity contribution in [3.05, 3.63) is 53.3 Å². The maximum atomic E-state index is 13.9. The van der Waals surface area contributed by atoms with Crippen molar-refractivity contribution in [1.82, 2.24) is 5.32 Å². The molecule has 2 aromatic rings. The smallest absolute Gasteiger partial charge is 0.165 e. The van der Waals surface area contributed by atoms with E-state index >= 15 is 0 Å². The number of halogens is 1. The highest BCUT2D eigenvalue weighted by atomic mass is 19.1. The minimum absolute atomic E-state index is 0.287. The molecule has 0 heterocycles.